The molecule has 0 fully saturated rings. The molecule has 3 rings (SSSR count). The molecule has 0 radical (unpaired) electrons. The Morgan fingerprint density at radius 1 is 1.00 bits per heavy atom. The summed E-state index contributed by atoms with van der Waals surface area (Å²) in [5.74, 6) is 1.27. The van der Waals surface area contributed by atoms with Crippen LogP contribution >= 0.6 is 11.6 Å². The van der Waals surface area contributed by atoms with E-state index in [-0.39, 0.29) is 11.8 Å². The van der Waals surface area contributed by atoms with Crippen molar-refractivity contribution in [3.63, 3.8) is 0 Å². The molecule has 6 nitrogen and oxygen atoms in total. The number of amides is 1. The van der Waals surface area contributed by atoms with Gasteiger partial charge in [0.05, 0.1) is 7.11 Å². The zero-order chi connectivity index (χ0) is 22.2. The molecule has 0 aliphatic heterocycles. The average Bonchev–Trinajstić information content (AvgIpc) is 2.78. The molecule has 7 heteroatoms. The lowest BCUT2D eigenvalue weighted by Crippen LogP contribution is -2.17. The lowest BCUT2D eigenvalue weighted by atomic mass is 10.2. The maximum atomic E-state index is 11.8. The number of ether oxygens (including phenoxy) is 2. The number of rotatable bonds is 9. The SMILES string of the molecule is COc1cc(CNc2ccc(NC(=O)C(C)C)cc2)ccc1OCc1ccc(Cl)nc1. The van der Waals surface area contributed by atoms with E-state index >= 15 is 0 Å². The van der Waals surface area contributed by atoms with Crippen LogP contribution in [-0.4, -0.2) is 18.0 Å². The number of nitrogens with zero attached hydrogens (tertiary/aromatic N) is 1. The number of carbonyl (C=O) groups excluding carboxylic acids is 1. The van der Waals surface area contributed by atoms with Gasteiger partial charge in [-0.2, -0.15) is 0 Å². The maximum absolute atomic E-state index is 11.8. The zero-order valence-corrected chi connectivity index (χ0v) is 18.6. The van der Waals surface area contributed by atoms with Crippen molar-refractivity contribution >= 4 is 28.9 Å². The van der Waals surface area contributed by atoms with Crippen LogP contribution in [0.3, 0.4) is 0 Å². The van der Waals surface area contributed by atoms with E-state index in [9.17, 15) is 4.79 Å². The Bertz CT molecular complexity index is 1010. The van der Waals surface area contributed by atoms with Crippen molar-refractivity contribution in [2.24, 2.45) is 5.92 Å². The molecule has 0 aliphatic rings. The van der Waals surface area contributed by atoms with Crippen molar-refractivity contribution in [1.82, 2.24) is 4.98 Å². The number of benzene rings is 2. The fourth-order valence-electron chi connectivity index (χ4n) is 2.76. The van der Waals surface area contributed by atoms with Gasteiger partial charge in [-0.1, -0.05) is 37.6 Å². The molecule has 2 N–H and O–H groups in total. The summed E-state index contributed by atoms with van der Waals surface area (Å²) in [7, 11) is 1.62. The highest BCUT2D eigenvalue weighted by atomic mass is 35.5. The van der Waals surface area contributed by atoms with E-state index in [1.807, 2.05) is 62.4 Å². The second-order valence-corrected chi connectivity index (χ2v) is 7.73. The highest BCUT2D eigenvalue weighted by Gasteiger charge is 2.08. The number of aromatic nitrogens is 1. The van der Waals surface area contributed by atoms with Crippen molar-refractivity contribution in [2.75, 3.05) is 17.7 Å². The van der Waals surface area contributed by atoms with E-state index in [0.717, 1.165) is 22.5 Å². The van der Waals surface area contributed by atoms with Crippen LogP contribution in [0.5, 0.6) is 11.5 Å². The van der Waals surface area contributed by atoms with Gasteiger partial charge in [0.15, 0.2) is 11.5 Å². The van der Waals surface area contributed by atoms with E-state index in [0.29, 0.717) is 29.8 Å². The Morgan fingerprint density at radius 2 is 1.71 bits per heavy atom. The predicted octanol–water partition coefficient (Wildman–Crippen LogP) is 5.53. The van der Waals surface area contributed by atoms with Crippen molar-refractivity contribution < 1.29 is 14.3 Å². The summed E-state index contributed by atoms with van der Waals surface area (Å²) in [4.78, 5) is 15.8. The molecule has 1 heterocycles. The van der Waals surface area contributed by atoms with Crippen LogP contribution in [0.25, 0.3) is 0 Å². The van der Waals surface area contributed by atoms with Gasteiger partial charge in [-0.25, -0.2) is 4.98 Å². The average molecular weight is 440 g/mol. The van der Waals surface area contributed by atoms with Gasteiger partial charge in [0, 0.05) is 35.6 Å². The highest BCUT2D eigenvalue weighted by Crippen LogP contribution is 2.29. The first-order chi connectivity index (χ1) is 14.9. The smallest absolute Gasteiger partial charge is 0.226 e. The molecule has 1 amide bonds. The summed E-state index contributed by atoms with van der Waals surface area (Å²) in [6.45, 7) is 4.72. The van der Waals surface area contributed by atoms with E-state index in [2.05, 4.69) is 15.6 Å². The molecule has 1 aromatic heterocycles. The molecule has 31 heavy (non-hydrogen) atoms. The summed E-state index contributed by atoms with van der Waals surface area (Å²) in [5, 5.41) is 6.70. The largest absolute Gasteiger partial charge is 0.493 e. The van der Waals surface area contributed by atoms with Gasteiger partial charge < -0.3 is 20.1 Å². The number of nitrogens with one attached hydrogen (secondary N) is 2. The molecular formula is C24H26ClN3O3. The summed E-state index contributed by atoms with van der Waals surface area (Å²) in [6, 6.07) is 17.1. The van der Waals surface area contributed by atoms with Crippen LogP contribution in [0, 0.1) is 5.92 Å². The molecule has 162 valence electrons. The second-order valence-electron chi connectivity index (χ2n) is 7.34. The van der Waals surface area contributed by atoms with E-state index in [1.165, 1.54) is 0 Å². The lowest BCUT2D eigenvalue weighted by Gasteiger charge is -2.13. The minimum Gasteiger partial charge on any atom is -0.493 e. The van der Waals surface area contributed by atoms with Crippen LogP contribution in [0.1, 0.15) is 25.0 Å². The van der Waals surface area contributed by atoms with E-state index in [1.54, 1.807) is 19.4 Å². The first kappa shape index (κ1) is 22.4. The van der Waals surface area contributed by atoms with Gasteiger partial charge in [-0.05, 0) is 48.0 Å². The molecule has 0 saturated heterocycles. The molecular weight excluding hydrogens is 414 g/mol. The van der Waals surface area contributed by atoms with Gasteiger partial charge in [-0.15, -0.1) is 0 Å². The monoisotopic (exact) mass is 439 g/mol. The summed E-state index contributed by atoms with van der Waals surface area (Å²) in [6.07, 6.45) is 1.69. The minimum absolute atomic E-state index is 0.00226. The fourth-order valence-corrected chi connectivity index (χ4v) is 2.87. The Balaban J connectivity index is 1.57. The molecule has 2 aromatic carbocycles. The van der Waals surface area contributed by atoms with Crippen molar-refractivity contribution in [3.8, 4) is 11.5 Å². The number of anilines is 2. The van der Waals surface area contributed by atoms with Crippen LogP contribution in [0.2, 0.25) is 5.15 Å². The minimum atomic E-state index is -0.0532. The summed E-state index contributed by atoms with van der Waals surface area (Å²) >= 11 is 5.81. The van der Waals surface area contributed by atoms with Gasteiger partial charge in [0.25, 0.3) is 0 Å². The summed E-state index contributed by atoms with van der Waals surface area (Å²) in [5.41, 5.74) is 3.71. The van der Waals surface area contributed by atoms with Crippen LogP contribution in [0.4, 0.5) is 11.4 Å². The zero-order valence-electron chi connectivity index (χ0n) is 17.8. The molecule has 0 atom stereocenters. The molecule has 0 aliphatic carbocycles. The lowest BCUT2D eigenvalue weighted by molar-refractivity contribution is -0.118. The number of hydrogen-bond donors (Lipinski definition) is 2. The van der Waals surface area contributed by atoms with Gasteiger partial charge in [0.2, 0.25) is 5.91 Å². The molecule has 0 saturated carbocycles. The number of halogens is 1. The highest BCUT2D eigenvalue weighted by molar-refractivity contribution is 6.29. The topological polar surface area (TPSA) is 72.5 Å². The Morgan fingerprint density at radius 3 is 2.35 bits per heavy atom. The molecule has 0 unspecified atom stereocenters. The fraction of sp³-hybridized carbons (Fsp3) is 0.250. The third-order valence-electron chi connectivity index (χ3n) is 4.58. The van der Waals surface area contributed by atoms with Crippen molar-refractivity contribution in [3.05, 3.63) is 77.1 Å². The van der Waals surface area contributed by atoms with E-state index in [4.69, 9.17) is 21.1 Å². The molecule has 3 aromatic rings. The van der Waals surface area contributed by atoms with Crippen molar-refractivity contribution in [1.29, 1.82) is 0 Å². The van der Waals surface area contributed by atoms with Crippen LogP contribution in [-0.2, 0) is 17.9 Å². The van der Waals surface area contributed by atoms with E-state index < -0.39 is 0 Å². The van der Waals surface area contributed by atoms with Crippen LogP contribution in [0.15, 0.2) is 60.8 Å². The Hall–Kier alpha value is -3.25. The van der Waals surface area contributed by atoms with Gasteiger partial charge in [0.1, 0.15) is 11.8 Å². The number of methoxy groups -OCH3 is 1. The third kappa shape index (κ3) is 6.62. The number of hydrogen-bond acceptors (Lipinski definition) is 5. The second kappa shape index (κ2) is 10.7. The Labute approximate surface area is 187 Å². The number of carbonyl (C=O) groups is 1. The maximum Gasteiger partial charge on any atom is 0.226 e. The normalized spacial score (nSPS) is 10.6. The van der Waals surface area contributed by atoms with Gasteiger partial charge >= 0.3 is 0 Å². The molecule has 0 spiro atoms. The molecule has 0 bridgehead atoms. The first-order valence-electron chi connectivity index (χ1n) is 9.99. The predicted molar refractivity (Wildman–Crippen MR) is 124 cm³/mol. The first-order valence-corrected chi connectivity index (χ1v) is 10.4. The van der Waals surface area contributed by atoms with Gasteiger partial charge in [-0.3, -0.25) is 4.79 Å². The summed E-state index contributed by atoms with van der Waals surface area (Å²) < 4.78 is 11.4. The third-order valence-corrected chi connectivity index (χ3v) is 4.81. The van der Waals surface area contributed by atoms with Crippen molar-refractivity contribution in [2.45, 2.75) is 27.0 Å². The Kier molecular flexibility index (Phi) is 7.73. The standard InChI is InChI=1S/C24H26ClN3O3/c1-16(2)24(29)28-20-8-6-19(7-9-20)26-13-17-4-10-21(22(12-17)30-3)31-15-18-5-11-23(25)27-14-18/h4-12,14,16,26H,13,15H2,1-3H3,(H,28,29). The van der Waals surface area contributed by atoms with Crippen LogP contribution < -0.4 is 20.1 Å². The quantitative estimate of drug-likeness (QED) is 0.429. The number of pyridine rings is 1.